The number of ether oxygens (including phenoxy) is 1. The summed E-state index contributed by atoms with van der Waals surface area (Å²) in [5, 5.41) is 0. The number of carbonyl (C=O) groups is 1. The topological polar surface area (TPSA) is 43.4 Å². The Kier molecular flexibility index (Phi) is 5.22. The summed E-state index contributed by atoms with van der Waals surface area (Å²) in [7, 11) is -1.22. The molecule has 0 bridgehead atoms. The molecule has 104 valence electrons. The molecule has 1 heterocycles. The van der Waals surface area contributed by atoms with Crippen LogP contribution in [0.3, 0.4) is 0 Å². The van der Waals surface area contributed by atoms with Gasteiger partial charge in [0, 0.05) is 23.8 Å². The Bertz CT molecular complexity index is 470. The van der Waals surface area contributed by atoms with E-state index in [-0.39, 0.29) is 29.9 Å². The lowest BCUT2D eigenvalue weighted by Crippen LogP contribution is -2.22. The van der Waals surface area contributed by atoms with Crippen LogP contribution < -0.4 is 0 Å². The predicted octanol–water partition coefficient (Wildman–Crippen LogP) is 1.86. The monoisotopic (exact) mass is 284 g/mol. The molecule has 19 heavy (non-hydrogen) atoms. The first-order valence-corrected chi connectivity index (χ1v) is 7.85. The van der Waals surface area contributed by atoms with Crippen molar-refractivity contribution in [2.45, 2.75) is 25.4 Å². The zero-order chi connectivity index (χ0) is 13.7. The van der Waals surface area contributed by atoms with Crippen molar-refractivity contribution >= 4 is 16.6 Å². The summed E-state index contributed by atoms with van der Waals surface area (Å²) < 4.78 is 30.5. The molecule has 2 rings (SSSR count). The van der Waals surface area contributed by atoms with E-state index >= 15 is 0 Å². The van der Waals surface area contributed by atoms with Crippen LogP contribution in [0.5, 0.6) is 0 Å². The molecule has 1 aromatic carbocycles. The van der Waals surface area contributed by atoms with Gasteiger partial charge in [-0.05, 0) is 24.5 Å². The molecular weight excluding hydrogens is 267 g/mol. The Balaban J connectivity index is 1.80. The summed E-state index contributed by atoms with van der Waals surface area (Å²) >= 11 is 0. The first-order valence-electron chi connectivity index (χ1n) is 6.37. The highest BCUT2D eigenvalue weighted by atomic mass is 32.2. The second-order valence-electron chi connectivity index (χ2n) is 4.69. The van der Waals surface area contributed by atoms with Crippen molar-refractivity contribution in [2.75, 3.05) is 18.1 Å². The van der Waals surface area contributed by atoms with Crippen LogP contribution in [0.15, 0.2) is 24.3 Å². The van der Waals surface area contributed by atoms with Crippen LogP contribution in [0.4, 0.5) is 4.39 Å². The molecule has 0 N–H and O–H groups in total. The van der Waals surface area contributed by atoms with Gasteiger partial charge in [0.15, 0.2) is 0 Å². The minimum Gasteiger partial charge on any atom is -0.377 e. The molecular formula is C14H17FO3S. The number of rotatable bonds is 6. The number of Topliss-reactive ketones (excluding diaryl/α,β-unsaturated/α-hetero) is 1. The van der Waals surface area contributed by atoms with Crippen LogP contribution in [0.2, 0.25) is 0 Å². The van der Waals surface area contributed by atoms with Crippen LogP contribution >= 0.6 is 0 Å². The molecule has 3 nitrogen and oxygen atoms in total. The summed E-state index contributed by atoms with van der Waals surface area (Å²) in [5.74, 6) is -0.195. The summed E-state index contributed by atoms with van der Waals surface area (Å²) in [6.45, 7) is 0.713. The number of ketones is 1. The van der Waals surface area contributed by atoms with Crippen LogP contribution in [0.1, 0.15) is 18.4 Å². The van der Waals surface area contributed by atoms with Gasteiger partial charge in [0.05, 0.1) is 17.6 Å². The zero-order valence-electron chi connectivity index (χ0n) is 10.6. The molecule has 5 heteroatoms. The van der Waals surface area contributed by atoms with Crippen molar-refractivity contribution in [1.82, 2.24) is 0 Å². The van der Waals surface area contributed by atoms with Gasteiger partial charge < -0.3 is 4.74 Å². The van der Waals surface area contributed by atoms with E-state index in [2.05, 4.69) is 0 Å². The number of hydrogen-bond acceptors (Lipinski definition) is 3. The van der Waals surface area contributed by atoms with E-state index in [9.17, 15) is 13.4 Å². The van der Waals surface area contributed by atoms with Crippen LogP contribution in [-0.4, -0.2) is 34.2 Å². The van der Waals surface area contributed by atoms with Gasteiger partial charge in [-0.3, -0.25) is 9.00 Å². The van der Waals surface area contributed by atoms with E-state index in [1.165, 1.54) is 6.07 Å². The summed E-state index contributed by atoms with van der Waals surface area (Å²) in [6, 6.07) is 6.18. The minimum absolute atomic E-state index is 0.00391. The van der Waals surface area contributed by atoms with Crippen molar-refractivity contribution in [3.05, 3.63) is 35.6 Å². The van der Waals surface area contributed by atoms with Crippen LogP contribution in [0.25, 0.3) is 0 Å². The molecule has 0 aromatic heterocycles. The lowest BCUT2D eigenvalue weighted by molar-refractivity contribution is -0.116. The first-order chi connectivity index (χ1) is 9.15. The Morgan fingerprint density at radius 2 is 2.21 bits per heavy atom. The second-order valence-corrected chi connectivity index (χ2v) is 6.19. The van der Waals surface area contributed by atoms with Crippen molar-refractivity contribution in [3.63, 3.8) is 0 Å². The lowest BCUT2D eigenvalue weighted by atomic mass is 10.1. The molecule has 1 fully saturated rings. The summed E-state index contributed by atoms with van der Waals surface area (Å²) in [5.41, 5.74) is 0.363. The van der Waals surface area contributed by atoms with Gasteiger partial charge >= 0.3 is 0 Å². The third-order valence-corrected chi connectivity index (χ3v) is 4.45. The van der Waals surface area contributed by atoms with Crippen LogP contribution in [0, 0.1) is 5.82 Å². The van der Waals surface area contributed by atoms with E-state index in [1.807, 2.05) is 0 Å². The van der Waals surface area contributed by atoms with Crippen molar-refractivity contribution in [2.24, 2.45) is 0 Å². The van der Waals surface area contributed by atoms with E-state index < -0.39 is 10.8 Å². The molecule has 2 atom stereocenters. The number of benzene rings is 1. The standard InChI is InChI=1S/C14H17FO3S/c15-14-6-2-1-4-11(14)8-12(16)9-19(17)10-13-5-3-7-18-13/h1-2,4,6,13H,3,5,7-10H2. The molecule has 0 spiro atoms. The Morgan fingerprint density at radius 3 is 2.89 bits per heavy atom. The quantitative estimate of drug-likeness (QED) is 0.801. The Labute approximate surface area is 114 Å². The van der Waals surface area contributed by atoms with Gasteiger partial charge in [-0.1, -0.05) is 18.2 Å². The maximum atomic E-state index is 13.4. The molecule has 0 radical (unpaired) electrons. The maximum Gasteiger partial charge on any atom is 0.149 e. The van der Waals surface area contributed by atoms with E-state index in [1.54, 1.807) is 18.2 Å². The highest BCUT2D eigenvalue weighted by Gasteiger charge is 2.20. The normalized spacial score (nSPS) is 20.4. The van der Waals surface area contributed by atoms with Gasteiger partial charge in [0.1, 0.15) is 11.6 Å². The molecule has 0 saturated carbocycles. The molecule has 0 amide bonds. The third kappa shape index (κ3) is 4.51. The summed E-state index contributed by atoms with van der Waals surface area (Å²) in [6.07, 6.45) is 1.92. The second kappa shape index (κ2) is 6.91. The van der Waals surface area contributed by atoms with Crippen molar-refractivity contribution in [3.8, 4) is 0 Å². The van der Waals surface area contributed by atoms with Gasteiger partial charge in [-0.25, -0.2) is 4.39 Å². The Hall–Kier alpha value is -1.07. The van der Waals surface area contributed by atoms with E-state index in [0.717, 1.165) is 12.8 Å². The molecule has 1 aliphatic heterocycles. The van der Waals surface area contributed by atoms with Crippen molar-refractivity contribution in [1.29, 1.82) is 0 Å². The lowest BCUT2D eigenvalue weighted by Gasteiger charge is -2.08. The highest BCUT2D eigenvalue weighted by molar-refractivity contribution is 7.85. The summed E-state index contributed by atoms with van der Waals surface area (Å²) in [4.78, 5) is 11.7. The van der Waals surface area contributed by atoms with Gasteiger partial charge in [0.2, 0.25) is 0 Å². The maximum absolute atomic E-state index is 13.4. The van der Waals surface area contributed by atoms with Gasteiger partial charge in [0.25, 0.3) is 0 Å². The third-order valence-electron chi connectivity index (χ3n) is 3.06. The first kappa shape index (κ1) is 14.3. The average Bonchev–Trinajstić information content (AvgIpc) is 2.84. The SMILES string of the molecule is O=C(Cc1ccccc1F)CS(=O)CC1CCCO1. The molecule has 2 unspecified atom stereocenters. The van der Waals surface area contributed by atoms with E-state index in [4.69, 9.17) is 4.74 Å². The average molecular weight is 284 g/mol. The van der Waals surface area contributed by atoms with Gasteiger partial charge in [-0.2, -0.15) is 0 Å². The fraction of sp³-hybridized carbons (Fsp3) is 0.500. The molecule has 0 aliphatic carbocycles. The largest absolute Gasteiger partial charge is 0.377 e. The van der Waals surface area contributed by atoms with Crippen LogP contribution in [-0.2, 0) is 26.8 Å². The number of halogens is 1. The predicted molar refractivity (Wildman–Crippen MR) is 72.0 cm³/mol. The van der Waals surface area contributed by atoms with Crippen molar-refractivity contribution < 1.29 is 18.1 Å². The molecule has 1 aromatic rings. The minimum atomic E-state index is -1.22. The fourth-order valence-corrected chi connectivity index (χ4v) is 3.38. The number of hydrogen-bond donors (Lipinski definition) is 0. The Morgan fingerprint density at radius 1 is 1.42 bits per heavy atom. The van der Waals surface area contributed by atoms with E-state index in [0.29, 0.717) is 17.9 Å². The smallest absolute Gasteiger partial charge is 0.149 e. The molecule has 1 aliphatic rings. The zero-order valence-corrected chi connectivity index (χ0v) is 11.5. The number of carbonyl (C=O) groups excluding carboxylic acids is 1. The molecule has 1 saturated heterocycles. The fourth-order valence-electron chi connectivity index (χ4n) is 2.13. The highest BCUT2D eigenvalue weighted by Crippen LogP contribution is 2.13. The van der Waals surface area contributed by atoms with Gasteiger partial charge in [-0.15, -0.1) is 0 Å².